The smallest absolute Gasteiger partial charge is 0.248 e. The Kier molecular flexibility index (Phi) is 5.23. The molecule has 2 aromatic rings. The van der Waals surface area contributed by atoms with Crippen molar-refractivity contribution in [3.05, 3.63) is 98.5 Å². The maximum absolute atomic E-state index is 11.9. The Morgan fingerprint density at radius 1 is 1.28 bits per heavy atom. The molecule has 2 bridgehead atoms. The highest BCUT2D eigenvalue weighted by Crippen LogP contribution is 2.51. The number of nitrogens with one attached hydrogen (secondary N) is 1. The zero-order valence-corrected chi connectivity index (χ0v) is 17.4. The minimum Gasteiger partial charge on any atom is -0.326 e. The van der Waals surface area contributed by atoms with Gasteiger partial charge in [0.1, 0.15) is 5.54 Å². The van der Waals surface area contributed by atoms with Crippen LogP contribution >= 0.6 is 0 Å². The molecule has 148 valence electrons. The van der Waals surface area contributed by atoms with E-state index in [1.807, 2.05) is 18.4 Å². The number of hydrogen-bond donors (Lipinski definition) is 1. The third-order valence-electron chi connectivity index (χ3n) is 6.11. The second-order valence-corrected chi connectivity index (χ2v) is 8.06. The number of hydrogen-bond acceptors (Lipinski definition) is 2. The number of aryl methyl sites for hydroxylation is 1. The van der Waals surface area contributed by atoms with Crippen LogP contribution in [0.4, 0.5) is 0 Å². The summed E-state index contributed by atoms with van der Waals surface area (Å²) >= 11 is 0. The minimum atomic E-state index is -0.425. The van der Waals surface area contributed by atoms with Gasteiger partial charge >= 0.3 is 0 Å². The molecular formula is C26H28N2O. The summed E-state index contributed by atoms with van der Waals surface area (Å²) in [5, 5.41) is 0. The van der Waals surface area contributed by atoms with Gasteiger partial charge in [-0.05, 0) is 55.5 Å². The van der Waals surface area contributed by atoms with Crippen LogP contribution in [0.3, 0.4) is 0 Å². The third kappa shape index (κ3) is 3.57. The highest BCUT2D eigenvalue weighted by molar-refractivity contribution is 5.79. The Morgan fingerprint density at radius 2 is 2.14 bits per heavy atom. The number of fused-ring (bicyclic) bond motifs is 4. The summed E-state index contributed by atoms with van der Waals surface area (Å²) in [6.07, 6.45) is 13.3. The van der Waals surface area contributed by atoms with E-state index in [2.05, 4.69) is 68.2 Å². The minimum absolute atomic E-state index is 0.0405. The van der Waals surface area contributed by atoms with Crippen LogP contribution in [0.5, 0.6) is 0 Å². The van der Waals surface area contributed by atoms with E-state index in [-0.39, 0.29) is 5.56 Å². The molecule has 1 N–H and O–H groups in total. The molecule has 4 rings (SSSR count). The van der Waals surface area contributed by atoms with Crippen LogP contribution < -0.4 is 5.56 Å². The van der Waals surface area contributed by atoms with Gasteiger partial charge in [-0.15, -0.1) is 0 Å². The Bertz CT molecular complexity index is 1100. The van der Waals surface area contributed by atoms with Crippen molar-refractivity contribution in [3.8, 4) is 0 Å². The first-order valence-corrected chi connectivity index (χ1v) is 10.4. The molecule has 2 aliphatic rings. The molecule has 3 nitrogen and oxygen atoms in total. The average molecular weight is 385 g/mol. The van der Waals surface area contributed by atoms with Crippen LogP contribution in [0.2, 0.25) is 0 Å². The standard InChI is InChI=1S/C26H28N2O/c1-4-19-8-6-9-20(15-19)10-7-13-27-26-17-18(3)14-21(22(26)5-2)16-24-23(26)11-12-25(29)28-24/h5-15,21H,4,16-17H2,1-3H3,(H,28,29). The van der Waals surface area contributed by atoms with E-state index >= 15 is 0 Å². The van der Waals surface area contributed by atoms with Gasteiger partial charge in [0.2, 0.25) is 5.56 Å². The molecule has 1 aromatic carbocycles. The fourth-order valence-corrected chi connectivity index (χ4v) is 4.89. The fourth-order valence-electron chi connectivity index (χ4n) is 4.89. The van der Waals surface area contributed by atoms with E-state index in [0.717, 1.165) is 30.5 Å². The average Bonchev–Trinajstić information content (AvgIpc) is 2.70. The van der Waals surface area contributed by atoms with Crippen molar-refractivity contribution >= 4 is 12.3 Å². The molecule has 1 heterocycles. The van der Waals surface area contributed by atoms with Crippen molar-refractivity contribution in [1.29, 1.82) is 0 Å². The number of aromatic amines is 1. The number of nitrogens with zero attached hydrogens (tertiary/aromatic N) is 1. The molecule has 0 saturated heterocycles. The van der Waals surface area contributed by atoms with Crippen LogP contribution in [-0.2, 0) is 18.4 Å². The van der Waals surface area contributed by atoms with E-state index in [1.54, 1.807) is 6.07 Å². The van der Waals surface area contributed by atoms with Crippen molar-refractivity contribution in [3.63, 3.8) is 0 Å². The molecule has 0 spiro atoms. The summed E-state index contributed by atoms with van der Waals surface area (Å²) in [6.45, 7) is 6.46. The number of pyridine rings is 1. The third-order valence-corrected chi connectivity index (χ3v) is 6.11. The molecule has 1 aromatic heterocycles. The highest BCUT2D eigenvalue weighted by Gasteiger charge is 2.46. The molecule has 2 unspecified atom stereocenters. The van der Waals surface area contributed by atoms with Crippen LogP contribution in [0, 0.1) is 5.92 Å². The molecule has 0 fully saturated rings. The van der Waals surface area contributed by atoms with Gasteiger partial charge in [0, 0.05) is 35.9 Å². The number of aliphatic imine (C=N–C) groups is 1. The van der Waals surface area contributed by atoms with Crippen molar-refractivity contribution in [2.24, 2.45) is 10.9 Å². The molecule has 3 heteroatoms. The van der Waals surface area contributed by atoms with Crippen molar-refractivity contribution < 1.29 is 0 Å². The number of allylic oxidation sites excluding steroid dienone is 3. The summed E-state index contributed by atoms with van der Waals surface area (Å²) in [5.74, 6) is 0.293. The van der Waals surface area contributed by atoms with Gasteiger partial charge in [-0.1, -0.05) is 55.0 Å². The molecule has 2 aliphatic carbocycles. The first-order valence-electron chi connectivity index (χ1n) is 10.4. The van der Waals surface area contributed by atoms with Gasteiger partial charge in [-0.2, -0.15) is 0 Å². The summed E-state index contributed by atoms with van der Waals surface area (Å²) < 4.78 is 0. The first-order chi connectivity index (χ1) is 14.1. The Labute approximate surface area is 172 Å². The lowest BCUT2D eigenvalue weighted by molar-refractivity contribution is 0.413. The predicted octanol–water partition coefficient (Wildman–Crippen LogP) is 5.39. The van der Waals surface area contributed by atoms with E-state index in [4.69, 9.17) is 4.99 Å². The molecule has 29 heavy (non-hydrogen) atoms. The quantitative estimate of drug-likeness (QED) is 0.558. The van der Waals surface area contributed by atoms with Gasteiger partial charge in [0.05, 0.1) is 0 Å². The van der Waals surface area contributed by atoms with Gasteiger partial charge in [-0.3, -0.25) is 9.79 Å². The summed E-state index contributed by atoms with van der Waals surface area (Å²) in [4.78, 5) is 20.1. The monoisotopic (exact) mass is 384 g/mol. The zero-order valence-electron chi connectivity index (χ0n) is 17.4. The number of rotatable bonds is 4. The maximum Gasteiger partial charge on any atom is 0.248 e. The topological polar surface area (TPSA) is 45.2 Å². The van der Waals surface area contributed by atoms with Gasteiger partial charge in [-0.25, -0.2) is 0 Å². The number of H-pyrrole nitrogens is 1. The van der Waals surface area contributed by atoms with Crippen molar-refractivity contribution in [2.75, 3.05) is 0 Å². The number of benzene rings is 1. The van der Waals surface area contributed by atoms with Gasteiger partial charge < -0.3 is 4.98 Å². The molecule has 0 amide bonds. The number of aromatic nitrogens is 1. The van der Waals surface area contributed by atoms with Gasteiger partial charge in [0.15, 0.2) is 0 Å². The van der Waals surface area contributed by atoms with E-state index < -0.39 is 5.54 Å². The van der Waals surface area contributed by atoms with E-state index in [1.165, 1.54) is 22.3 Å². The van der Waals surface area contributed by atoms with Crippen LogP contribution in [0.1, 0.15) is 49.6 Å². The second-order valence-electron chi connectivity index (χ2n) is 8.06. The highest BCUT2D eigenvalue weighted by atomic mass is 16.1. The Hall–Kier alpha value is -2.94. The summed E-state index contributed by atoms with van der Waals surface area (Å²) in [7, 11) is 0. The van der Waals surface area contributed by atoms with Crippen LogP contribution in [-0.4, -0.2) is 11.2 Å². The van der Waals surface area contributed by atoms with Crippen molar-refractivity contribution in [1.82, 2.24) is 4.98 Å². The SMILES string of the molecule is CC=C1C2C=C(C)CC1(N=CC=Cc1cccc(CC)c1)c1ccc(=O)[nH]c1C2. The molecule has 0 aliphatic heterocycles. The maximum atomic E-state index is 11.9. The van der Waals surface area contributed by atoms with E-state index in [0.29, 0.717) is 5.92 Å². The Morgan fingerprint density at radius 3 is 2.93 bits per heavy atom. The normalized spacial score (nSPS) is 24.9. The lowest BCUT2D eigenvalue weighted by Gasteiger charge is -2.45. The van der Waals surface area contributed by atoms with Crippen LogP contribution in [0.25, 0.3) is 6.08 Å². The van der Waals surface area contributed by atoms with Crippen LogP contribution in [0.15, 0.2) is 75.6 Å². The molecule has 2 atom stereocenters. The summed E-state index contributed by atoms with van der Waals surface area (Å²) in [5.41, 5.74) is 6.90. The lowest BCUT2D eigenvalue weighted by atomic mass is 9.63. The molecule has 0 radical (unpaired) electrons. The largest absolute Gasteiger partial charge is 0.326 e. The molecule has 0 saturated carbocycles. The van der Waals surface area contributed by atoms with Crippen molar-refractivity contribution in [2.45, 2.75) is 45.6 Å². The van der Waals surface area contributed by atoms with E-state index in [9.17, 15) is 4.79 Å². The summed E-state index contributed by atoms with van der Waals surface area (Å²) in [6, 6.07) is 12.2. The molecular weight excluding hydrogens is 356 g/mol. The first kappa shape index (κ1) is 19.4. The lowest BCUT2D eigenvalue weighted by Crippen LogP contribution is -2.40. The predicted molar refractivity (Wildman–Crippen MR) is 121 cm³/mol. The van der Waals surface area contributed by atoms with Gasteiger partial charge in [0.25, 0.3) is 0 Å². The fraction of sp³-hybridized carbons (Fsp3) is 0.308. The zero-order chi connectivity index (χ0) is 20.4. The second kappa shape index (κ2) is 7.82. The Balaban J connectivity index is 1.74.